The van der Waals surface area contributed by atoms with Gasteiger partial charge in [0.1, 0.15) is 0 Å². The second-order valence-electron chi connectivity index (χ2n) is 8.09. The summed E-state index contributed by atoms with van der Waals surface area (Å²) < 4.78 is 2.02. The van der Waals surface area contributed by atoms with Crippen molar-refractivity contribution in [1.29, 1.82) is 0 Å². The molecule has 0 bridgehead atoms. The van der Waals surface area contributed by atoms with Gasteiger partial charge in [-0.25, -0.2) is 0 Å². The van der Waals surface area contributed by atoms with E-state index in [2.05, 4.69) is 42.5 Å². The molecule has 0 radical (unpaired) electrons. The number of amides is 2. The maximum absolute atomic E-state index is 11.5. The van der Waals surface area contributed by atoms with Crippen LogP contribution in [0.2, 0.25) is 0 Å². The van der Waals surface area contributed by atoms with Crippen molar-refractivity contribution in [2.45, 2.75) is 46.7 Å². The minimum Gasteiger partial charge on any atom is -0.338 e. The lowest BCUT2D eigenvalue weighted by Gasteiger charge is -2.31. The van der Waals surface area contributed by atoms with Gasteiger partial charge in [-0.3, -0.25) is 19.7 Å². The standard InChI is InChI=1S/C14H17BrN2O2.C9H9BrN2O2/c1-8-6-13(15)11-4-5-17(10(3)19)7-12(11)14(8)16-9(2)18;10-8-1-2-9(12(13)14)7-5-11-4-3-6(7)8/h6H,4-5,7H2,1-3H3,(H,16,18);1-2,11H,3-5H2. The van der Waals surface area contributed by atoms with Gasteiger partial charge < -0.3 is 15.5 Å². The molecule has 2 aliphatic heterocycles. The van der Waals surface area contributed by atoms with E-state index < -0.39 is 0 Å². The predicted octanol–water partition coefficient (Wildman–Crippen LogP) is 4.62. The largest absolute Gasteiger partial charge is 0.338 e. The van der Waals surface area contributed by atoms with Crippen molar-refractivity contribution in [3.8, 4) is 0 Å². The molecule has 0 aromatic heterocycles. The topological polar surface area (TPSA) is 105 Å². The quantitative estimate of drug-likeness (QED) is 0.398. The van der Waals surface area contributed by atoms with Gasteiger partial charge in [-0.15, -0.1) is 0 Å². The highest BCUT2D eigenvalue weighted by atomic mass is 79.9. The summed E-state index contributed by atoms with van der Waals surface area (Å²) in [5.74, 6) is -0.0235. The summed E-state index contributed by atoms with van der Waals surface area (Å²) in [6, 6.07) is 5.33. The van der Waals surface area contributed by atoms with Crippen LogP contribution in [-0.4, -0.2) is 34.7 Å². The number of aryl methyl sites for hydroxylation is 1. The number of carbonyl (C=O) groups excluding carboxylic acids is 2. The molecule has 0 saturated carbocycles. The van der Waals surface area contributed by atoms with Crippen LogP contribution in [0.25, 0.3) is 0 Å². The molecule has 2 amide bonds. The van der Waals surface area contributed by atoms with E-state index in [9.17, 15) is 19.7 Å². The molecule has 4 rings (SSSR count). The van der Waals surface area contributed by atoms with E-state index in [1.54, 1.807) is 24.0 Å². The van der Waals surface area contributed by atoms with Crippen molar-refractivity contribution < 1.29 is 14.5 Å². The molecule has 2 heterocycles. The highest BCUT2D eigenvalue weighted by molar-refractivity contribution is 9.10. The molecule has 2 aromatic rings. The van der Waals surface area contributed by atoms with Gasteiger partial charge in [-0.2, -0.15) is 0 Å². The molecular weight excluding hydrogens is 556 g/mol. The Morgan fingerprint density at radius 1 is 1.09 bits per heavy atom. The van der Waals surface area contributed by atoms with E-state index in [1.807, 2.05) is 13.0 Å². The number of anilines is 1. The Kier molecular flexibility index (Phi) is 8.25. The van der Waals surface area contributed by atoms with E-state index in [1.165, 1.54) is 12.5 Å². The predicted molar refractivity (Wildman–Crippen MR) is 134 cm³/mol. The summed E-state index contributed by atoms with van der Waals surface area (Å²) in [7, 11) is 0. The maximum Gasteiger partial charge on any atom is 0.274 e. The third kappa shape index (κ3) is 5.80. The average Bonchev–Trinajstić information content (AvgIpc) is 2.76. The molecule has 2 aromatic carbocycles. The second kappa shape index (κ2) is 10.8. The molecule has 0 fully saturated rings. The molecule has 0 aliphatic carbocycles. The van der Waals surface area contributed by atoms with Crippen molar-refractivity contribution in [2.24, 2.45) is 0 Å². The Bertz CT molecular complexity index is 1120. The molecule has 0 saturated heterocycles. The second-order valence-corrected chi connectivity index (χ2v) is 9.80. The first-order valence-electron chi connectivity index (χ1n) is 10.6. The normalized spacial score (nSPS) is 14.4. The molecular formula is C23H26Br2N4O4. The number of nitrogens with one attached hydrogen (secondary N) is 2. The van der Waals surface area contributed by atoms with E-state index in [4.69, 9.17) is 0 Å². The number of hydrogen-bond donors (Lipinski definition) is 2. The Morgan fingerprint density at radius 3 is 2.42 bits per heavy atom. The van der Waals surface area contributed by atoms with Crippen LogP contribution in [0.4, 0.5) is 11.4 Å². The SMILES string of the molecule is CC(=O)Nc1c(C)cc(Br)c2c1CN(C(C)=O)CC2.O=[N+]([O-])c1ccc(Br)c2c1CNCC2. The average molecular weight is 582 g/mol. The zero-order chi connectivity index (χ0) is 24.3. The molecule has 0 atom stereocenters. The lowest BCUT2D eigenvalue weighted by atomic mass is 9.95. The highest BCUT2D eigenvalue weighted by Gasteiger charge is 2.24. The van der Waals surface area contributed by atoms with Crippen LogP contribution in [0.3, 0.4) is 0 Å². The van der Waals surface area contributed by atoms with Gasteiger partial charge >= 0.3 is 0 Å². The Labute approximate surface area is 209 Å². The van der Waals surface area contributed by atoms with Crippen LogP contribution >= 0.6 is 31.9 Å². The van der Waals surface area contributed by atoms with Gasteiger partial charge in [0.25, 0.3) is 5.69 Å². The summed E-state index contributed by atoms with van der Waals surface area (Å²) in [6.45, 7) is 7.79. The van der Waals surface area contributed by atoms with Gasteiger partial charge in [0.15, 0.2) is 0 Å². The molecule has 2 aliphatic rings. The Balaban J connectivity index is 0.000000194. The molecule has 10 heteroatoms. The van der Waals surface area contributed by atoms with E-state index in [0.717, 1.165) is 62.8 Å². The van der Waals surface area contributed by atoms with Gasteiger partial charge in [0.2, 0.25) is 11.8 Å². The smallest absolute Gasteiger partial charge is 0.274 e. The highest BCUT2D eigenvalue weighted by Crippen LogP contribution is 2.35. The summed E-state index contributed by atoms with van der Waals surface area (Å²) >= 11 is 6.99. The maximum atomic E-state index is 11.5. The molecule has 8 nitrogen and oxygen atoms in total. The fraction of sp³-hybridized carbons (Fsp3) is 0.391. The lowest BCUT2D eigenvalue weighted by molar-refractivity contribution is -0.385. The van der Waals surface area contributed by atoms with Crippen LogP contribution in [0.1, 0.15) is 41.7 Å². The minimum atomic E-state index is -0.321. The number of benzene rings is 2. The van der Waals surface area contributed by atoms with E-state index >= 15 is 0 Å². The fourth-order valence-corrected chi connectivity index (χ4v) is 5.53. The number of rotatable bonds is 2. The third-order valence-corrected chi connectivity index (χ3v) is 7.27. The van der Waals surface area contributed by atoms with Crippen LogP contribution < -0.4 is 10.6 Å². The summed E-state index contributed by atoms with van der Waals surface area (Å²) in [5, 5.41) is 16.8. The first-order valence-corrected chi connectivity index (χ1v) is 12.2. The van der Waals surface area contributed by atoms with Crippen LogP contribution in [0, 0.1) is 17.0 Å². The van der Waals surface area contributed by atoms with Gasteiger partial charge in [0.05, 0.1) is 4.92 Å². The Morgan fingerprint density at radius 2 is 1.79 bits per heavy atom. The molecule has 176 valence electrons. The van der Waals surface area contributed by atoms with Crippen LogP contribution in [0.15, 0.2) is 27.1 Å². The summed E-state index contributed by atoms with van der Waals surface area (Å²) in [6.07, 6.45) is 1.65. The van der Waals surface area contributed by atoms with Gasteiger partial charge in [-0.05, 0) is 60.7 Å². The van der Waals surface area contributed by atoms with Crippen molar-refractivity contribution in [1.82, 2.24) is 10.2 Å². The number of nitro groups is 1. The molecule has 33 heavy (non-hydrogen) atoms. The Hall–Kier alpha value is -2.30. The van der Waals surface area contributed by atoms with Crippen LogP contribution in [-0.2, 0) is 35.5 Å². The van der Waals surface area contributed by atoms with Crippen LogP contribution in [0.5, 0.6) is 0 Å². The van der Waals surface area contributed by atoms with Crippen molar-refractivity contribution >= 4 is 55.0 Å². The number of hydrogen-bond acceptors (Lipinski definition) is 5. The molecule has 0 spiro atoms. The lowest BCUT2D eigenvalue weighted by Crippen LogP contribution is -2.35. The number of carbonyl (C=O) groups is 2. The zero-order valence-corrected chi connectivity index (χ0v) is 21.9. The number of nitro benzene ring substituents is 1. The monoisotopic (exact) mass is 580 g/mol. The zero-order valence-electron chi connectivity index (χ0n) is 18.8. The fourth-order valence-electron chi connectivity index (χ4n) is 4.18. The van der Waals surface area contributed by atoms with Gasteiger partial charge in [0, 0.05) is 59.7 Å². The van der Waals surface area contributed by atoms with Gasteiger partial charge in [-0.1, -0.05) is 31.9 Å². The number of nitrogens with zero attached hydrogens (tertiary/aromatic N) is 2. The molecule has 2 N–H and O–H groups in total. The number of halogens is 2. The third-order valence-electron chi connectivity index (χ3n) is 5.82. The van der Waals surface area contributed by atoms with E-state index in [-0.39, 0.29) is 22.4 Å². The van der Waals surface area contributed by atoms with E-state index in [0.29, 0.717) is 13.1 Å². The first kappa shape index (κ1) is 25.3. The van der Waals surface area contributed by atoms with Crippen molar-refractivity contribution in [3.05, 3.63) is 65.1 Å². The number of fused-ring (bicyclic) bond motifs is 2. The van der Waals surface area contributed by atoms with Crippen molar-refractivity contribution in [2.75, 3.05) is 18.4 Å². The summed E-state index contributed by atoms with van der Waals surface area (Å²) in [5.41, 5.74) is 6.18. The van der Waals surface area contributed by atoms with Crippen molar-refractivity contribution in [3.63, 3.8) is 0 Å². The minimum absolute atomic E-state index is 0.0667. The molecule has 0 unspecified atom stereocenters. The summed E-state index contributed by atoms with van der Waals surface area (Å²) in [4.78, 5) is 35.1. The first-order chi connectivity index (χ1) is 15.6.